The fraction of sp³-hybridized carbons (Fsp3) is 0.636. The van der Waals surface area contributed by atoms with E-state index in [4.69, 9.17) is 24.8 Å². The summed E-state index contributed by atoms with van der Waals surface area (Å²) in [5.74, 6) is 0.834. The van der Waals surface area contributed by atoms with Gasteiger partial charge in [0.2, 0.25) is 0 Å². The first-order valence-electron chi connectivity index (χ1n) is 9.31. The van der Waals surface area contributed by atoms with Gasteiger partial charge in [0.15, 0.2) is 0 Å². The molecule has 0 saturated carbocycles. The summed E-state index contributed by atoms with van der Waals surface area (Å²) in [6, 6.07) is 8.11. The molecule has 0 spiro atoms. The molecular weight excluding hydrogens is 424 g/mol. The van der Waals surface area contributed by atoms with Gasteiger partial charge in [-0.3, -0.25) is 0 Å². The molecule has 1 aliphatic carbocycles. The van der Waals surface area contributed by atoms with Crippen molar-refractivity contribution < 1.29 is 4.74 Å². The maximum absolute atomic E-state index is 7.47. The molecule has 0 unspecified atom stereocenters. The summed E-state index contributed by atoms with van der Waals surface area (Å²) in [4.78, 5) is 0. The van der Waals surface area contributed by atoms with Crippen molar-refractivity contribution in [3.8, 4) is 5.75 Å². The van der Waals surface area contributed by atoms with Gasteiger partial charge in [-0.15, -0.1) is 0 Å². The van der Waals surface area contributed by atoms with Crippen molar-refractivity contribution >= 4 is 35.8 Å². The van der Waals surface area contributed by atoms with Crippen molar-refractivity contribution in [3.05, 3.63) is 35.4 Å². The molecule has 0 atom stereocenters. The molecule has 1 aromatic rings. The van der Waals surface area contributed by atoms with Gasteiger partial charge in [-0.05, 0) is 0 Å². The van der Waals surface area contributed by atoms with Crippen LogP contribution in [0.1, 0.15) is 62.3 Å². The molecule has 26 heavy (non-hydrogen) atoms. The Morgan fingerprint density at radius 2 is 1.15 bits per heavy atom. The summed E-state index contributed by atoms with van der Waals surface area (Å²) in [5.41, 5.74) is 3.00. The van der Waals surface area contributed by atoms with Crippen molar-refractivity contribution in [2.75, 3.05) is 7.11 Å². The number of ether oxygens (including phenoxy) is 1. The monoisotopic (exact) mass is 458 g/mol. The van der Waals surface area contributed by atoms with Gasteiger partial charge >= 0.3 is 172 Å². The Morgan fingerprint density at radius 1 is 0.769 bits per heavy atom. The molecule has 0 radical (unpaired) electrons. The maximum atomic E-state index is 7.47. The molecule has 2 rings (SSSR count). The van der Waals surface area contributed by atoms with Crippen molar-refractivity contribution in [2.45, 2.75) is 66.6 Å². The van der Waals surface area contributed by atoms with E-state index in [0.717, 1.165) is 10.1 Å². The minimum atomic E-state index is -3.54. The van der Waals surface area contributed by atoms with Crippen molar-refractivity contribution in [2.24, 2.45) is 16.2 Å². The van der Waals surface area contributed by atoms with Gasteiger partial charge < -0.3 is 0 Å². The van der Waals surface area contributed by atoms with Crippen molar-refractivity contribution in [1.82, 2.24) is 0 Å². The fourth-order valence-electron chi connectivity index (χ4n) is 4.71. The van der Waals surface area contributed by atoms with E-state index in [1.807, 2.05) is 12.1 Å². The van der Waals surface area contributed by atoms with Gasteiger partial charge in [0.05, 0.1) is 0 Å². The molecule has 1 aliphatic rings. The van der Waals surface area contributed by atoms with E-state index in [1.54, 1.807) is 7.11 Å². The van der Waals surface area contributed by atoms with Crippen LogP contribution in [-0.2, 0) is 0 Å². The van der Waals surface area contributed by atoms with E-state index >= 15 is 0 Å². The van der Waals surface area contributed by atoms with E-state index < -0.39 is 11.4 Å². The van der Waals surface area contributed by atoms with E-state index in [-0.39, 0.29) is 20.5 Å². The van der Waals surface area contributed by atoms with Gasteiger partial charge in [0.25, 0.3) is 0 Å². The summed E-state index contributed by atoms with van der Waals surface area (Å²) in [5, 5.41) is 0. The zero-order valence-corrected chi connectivity index (χ0v) is 21.6. The molecule has 0 N–H and O–H groups in total. The Hall–Kier alpha value is -0.117. The zero-order valence-electron chi connectivity index (χ0n) is 18.0. The van der Waals surface area contributed by atoms with E-state index in [2.05, 4.69) is 74.4 Å². The van der Waals surface area contributed by atoms with Crippen LogP contribution in [0, 0.1) is 16.2 Å². The summed E-state index contributed by atoms with van der Waals surface area (Å²) in [6.45, 7) is 20.7. The van der Waals surface area contributed by atoms with E-state index in [0.29, 0.717) is 0 Å². The van der Waals surface area contributed by atoms with E-state index in [9.17, 15) is 0 Å². The molecule has 146 valence electrons. The third-order valence-corrected chi connectivity index (χ3v) is 17.5. The van der Waals surface area contributed by atoms with Crippen LogP contribution in [0.25, 0.3) is 0 Å². The van der Waals surface area contributed by atoms with Crippen LogP contribution >= 0.6 is 20.0 Å². The zero-order chi connectivity index (χ0) is 20.3. The first-order valence-corrected chi connectivity index (χ1v) is 16.9. The van der Waals surface area contributed by atoms with Crippen molar-refractivity contribution in [3.63, 3.8) is 0 Å². The predicted octanol–water partition coefficient (Wildman–Crippen LogP) is 7.01. The molecule has 1 aromatic carbocycles. The third kappa shape index (κ3) is 3.27. The van der Waals surface area contributed by atoms with Gasteiger partial charge in [0.1, 0.15) is 0 Å². The Balaban J connectivity index is 2.73. The second-order valence-corrected chi connectivity index (χ2v) is 22.6. The van der Waals surface area contributed by atoms with Crippen LogP contribution < -0.4 is 9.13 Å². The van der Waals surface area contributed by atoms with E-state index in [1.165, 1.54) is 11.1 Å². The average molecular weight is 458 g/mol. The molecule has 1 nitrogen and oxygen atoms in total. The molecule has 4 heteroatoms. The van der Waals surface area contributed by atoms with Crippen LogP contribution in [0.2, 0.25) is 4.25 Å². The Labute approximate surface area is 171 Å². The summed E-state index contributed by atoms with van der Waals surface area (Å²) < 4.78 is 6.22. The number of rotatable bonds is 3. The first kappa shape index (κ1) is 22.2. The summed E-state index contributed by atoms with van der Waals surface area (Å²) in [7, 11) is 16.6. The topological polar surface area (TPSA) is 9.23 Å². The molecule has 0 saturated heterocycles. The molecule has 0 aliphatic heterocycles. The third-order valence-electron chi connectivity index (χ3n) is 5.49. The Bertz CT molecular complexity index is 686. The first-order chi connectivity index (χ1) is 11.5. The van der Waals surface area contributed by atoms with Crippen LogP contribution in [0.5, 0.6) is 5.75 Å². The molecule has 0 bridgehead atoms. The van der Waals surface area contributed by atoms with Gasteiger partial charge in [-0.2, -0.15) is 0 Å². The Morgan fingerprint density at radius 3 is 1.42 bits per heavy atom. The number of methoxy groups -OCH3 is 1. The number of hydrogen-bond acceptors (Lipinski definition) is 1. The molecule has 0 aromatic heterocycles. The van der Waals surface area contributed by atoms with Crippen LogP contribution in [0.15, 0.2) is 35.4 Å². The number of allylic oxidation sites excluding steroid dienone is 2. The summed E-state index contributed by atoms with van der Waals surface area (Å²) >= 11 is -3.54. The van der Waals surface area contributed by atoms with Gasteiger partial charge in [0, 0.05) is 0 Å². The minimum absolute atomic E-state index is 0.0400. The van der Waals surface area contributed by atoms with Crippen LogP contribution in [0.3, 0.4) is 0 Å². The quantitative estimate of drug-likeness (QED) is 0.350. The van der Waals surface area contributed by atoms with Gasteiger partial charge in [-0.1, -0.05) is 0 Å². The standard InChI is InChI=1S/C22H34Cl2GeO/c1-19(2,3)17-18(20(4,5)6)22(17,21(7,8)9)25(23,24)15-11-13-16(26-10)14-12-15/h11-14H,1-10H3. The second kappa shape index (κ2) is 6.46. The normalized spacial score (nSPS) is 18.2. The molecule has 0 amide bonds. The number of hydrogen-bond donors (Lipinski definition) is 0. The number of benzene rings is 1. The SMILES string of the molecule is COc1cc[c]([Ge]([Cl])([Cl])[C]2(C(C)(C)C)C(C(C)(C)C)=C2C(C)(C)C)cc1. The summed E-state index contributed by atoms with van der Waals surface area (Å²) in [6.07, 6.45) is 0. The number of halogens is 2. The average Bonchev–Trinajstić information content (AvgIpc) is 3.19. The van der Waals surface area contributed by atoms with Crippen LogP contribution in [0.4, 0.5) is 0 Å². The van der Waals surface area contributed by atoms with Crippen molar-refractivity contribution in [1.29, 1.82) is 0 Å². The predicted molar refractivity (Wildman–Crippen MR) is 118 cm³/mol. The second-order valence-electron chi connectivity index (χ2n) is 10.6. The van der Waals surface area contributed by atoms with Gasteiger partial charge in [-0.25, -0.2) is 0 Å². The van der Waals surface area contributed by atoms with Crippen LogP contribution in [-0.4, -0.2) is 18.5 Å². The molecule has 0 heterocycles. The molecule has 0 fully saturated rings. The Kier molecular flexibility index (Phi) is 5.51. The molecular formula is C22H34Cl2GeO. The fourth-order valence-corrected chi connectivity index (χ4v) is 18.3.